The number of carbonyl (C=O) groups excluding carboxylic acids is 1. The minimum atomic E-state index is -4.05. The van der Waals surface area contributed by atoms with Crippen molar-refractivity contribution >= 4 is 38.5 Å². The fraction of sp³-hybridized carbons (Fsp3) is 0.0588. The molecule has 0 bridgehead atoms. The van der Waals surface area contributed by atoms with Crippen LogP contribution < -0.4 is 15.4 Å². The molecule has 6 aromatic rings. The van der Waals surface area contributed by atoms with E-state index in [9.17, 15) is 13.2 Å². The molecule has 0 aliphatic rings. The molecule has 2 amide bonds. The summed E-state index contributed by atoms with van der Waals surface area (Å²) in [6, 6.07) is 33.6. The lowest BCUT2D eigenvalue weighted by Crippen LogP contribution is -2.33. The highest BCUT2D eigenvalue weighted by atomic mass is 32.2. The third kappa shape index (κ3) is 6.25. The van der Waals surface area contributed by atoms with Crippen molar-refractivity contribution < 1.29 is 13.2 Å². The number of rotatable bonds is 8. The number of hydrogen-bond acceptors (Lipinski definition) is 6. The van der Waals surface area contributed by atoms with Gasteiger partial charge in [0.2, 0.25) is 0 Å². The summed E-state index contributed by atoms with van der Waals surface area (Å²) >= 11 is 0. The topological polar surface area (TPSA) is 126 Å². The Morgan fingerprint density at radius 2 is 1.39 bits per heavy atom. The number of aromatic nitrogens is 3. The number of amides is 2. The maximum atomic E-state index is 13.5. The van der Waals surface area contributed by atoms with Crippen LogP contribution >= 0.6 is 0 Å². The number of benzene rings is 3. The Balaban J connectivity index is 1.21. The van der Waals surface area contributed by atoms with Crippen LogP contribution in [0.5, 0.6) is 0 Å². The Labute approximate surface area is 255 Å². The molecule has 3 aromatic carbocycles. The number of urea groups is 1. The van der Waals surface area contributed by atoms with Crippen molar-refractivity contribution in [2.45, 2.75) is 17.9 Å². The summed E-state index contributed by atoms with van der Waals surface area (Å²) in [5.41, 5.74) is 4.78. The molecule has 10 heteroatoms. The zero-order valence-corrected chi connectivity index (χ0v) is 24.5. The van der Waals surface area contributed by atoms with Gasteiger partial charge in [-0.05, 0) is 66.1 Å². The van der Waals surface area contributed by atoms with Gasteiger partial charge in [0.05, 0.1) is 22.3 Å². The van der Waals surface area contributed by atoms with E-state index in [1.165, 1.54) is 24.3 Å². The maximum absolute atomic E-state index is 13.5. The van der Waals surface area contributed by atoms with E-state index >= 15 is 0 Å². The van der Waals surface area contributed by atoms with Crippen LogP contribution in [0.2, 0.25) is 0 Å². The highest BCUT2D eigenvalue weighted by molar-refractivity contribution is 7.92. The SMILES string of the molecule is Cc1cccnc1-c1cc2cccnc2c(NS(=O)(=O)c2ccc(NC(=O)NC(c3ccccc3)c3ccccc3)cc2)n1. The number of pyridine rings is 3. The first-order valence-electron chi connectivity index (χ1n) is 13.9. The number of carbonyl (C=O) groups is 1. The number of nitrogens with one attached hydrogen (secondary N) is 3. The van der Waals surface area contributed by atoms with Crippen molar-refractivity contribution in [1.29, 1.82) is 0 Å². The molecule has 3 heterocycles. The van der Waals surface area contributed by atoms with Gasteiger partial charge < -0.3 is 10.6 Å². The lowest BCUT2D eigenvalue weighted by molar-refractivity contribution is 0.250. The third-order valence-electron chi connectivity index (χ3n) is 7.03. The molecular weight excluding hydrogens is 572 g/mol. The van der Waals surface area contributed by atoms with E-state index < -0.39 is 16.1 Å². The summed E-state index contributed by atoms with van der Waals surface area (Å²) < 4.78 is 29.5. The Morgan fingerprint density at radius 1 is 0.750 bits per heavy atom. The molecule has 6 rings (SSSR count). The average molecular weight is 601 g/mol. The third-order valence-corrected chi connectivity index (χ3v) is 8.39. The fourth-order valence-corrected chi connectivity index (χ4v) is 5.89. The van der Waals surface area contributed by atoms with Crippen molar-refractivity contribution in [3.8, 4) is 11.4 Å². The van der Waals surface area contributed by atoms with Crippen molar-refractivity contribution in [2.75, 3.05) is 10.0 Å². The number of sulfonamides is 1. The van der Waals surface area contributed by atoms with Crippen LogP contribution in [0.15, 0.2) is 133 Å². The molecule has 0 aliphatic heterocycles. The van der Waals surface area contributed by atoms with E-state index in [0.29, 0.717) is 22.6 Å². The van der Waals surface area contributed by atoms with Crippen molar-refractivity contribution in [2.24, 2.45) is 0 Å². The number of nitrogens with zero attached hydrogens (tertiary/aromatic N) is 3. The lowest BCUT2D eigenvalue weighted by atomic mass is 9.99. The Hall–Kier alpha value is -5.61. The maximum Gasteiger partial charge on any atom is 0.319 e. The van der Waals surface area contributed by atoms with E-state index in [1.54, 1.807) is 18.5 Å². The smallest absolute Gasteiger partial charge is 0.319 e. The molecule has 0 saturated carbocycles. The molecule has 0 saturated heterocycles. The Morgan fingerprint density at radius 3 is 2.05 bits per heavy atom. The quantitative estimate of drug-likeness (QED) is 0.178. The summed E-state index contributed by atoms with van der Waals surface area (Å²) in [6.45, 7) is 1.92. The monoisotopic (exact) mass is 600 g/mol. The van der Waals surface area contributed by atoms with Crippen LogP contribution in [-0.4, -0.2) is 29.4 Å². The molecule has 0 fully saturated rings. The molecule has 3 N–H and O–H groups in total. The highest BCUT2D eigenvalue weighted by Crippen LogP contribution is 2.29. The molecule has 0 unspecified atom stereocenters. The van der Waals surface area contributed by atoms with E-state index in [0.717, 1.165) is 22.1 Å². The molecule has 0 aliphatic carbocycles. The first-order valence-corrected chi connectivity index (χ1v) is 15.3. The number of anilines is 2. The minimum absolute atomic E-state index is 0.000191. The van der Waals surface area contributed by atoms with Crippen LogP contribution in [0.3, 0.4) is 0 Å². The molecular formula is C34H28N6O3S. The molecule has 218 valence electrons. The standard InChI is InChI=1S/C34H28N6O3S/c1-23-10-8-20-35-30(23)29-22-26-15-9-21-36-32(26)33(38-29)40-44(42,43)28-18-16-27(17-19-28)37-34(41)39-31(24-11-4-2-5-12-24)25-13-6-3-7-14-25/h2-22,31H,1H3,(H,38,40)(H2,37,39,41). The molecule has 9 nitrogen and oxygen atoms in total. The van der Waals surface area contributed by atoms with Gasteiger partial charge in [0.25, 0.3) is 10.0 Å². The number of hydrogen-bond donors (Lipinski definition) is 3. The molecule has 0 radical (unpaired) electrons. The summed E-state index contributed by atoms with van der Waals surface area (Å²) in [4.78, 5) is 26.4. The van der Waals surface area contributed by atoms with Crippen LogP contribution in [-0.2, 0) is 10.0 Å². The van der Waals surface area contributed by atoms with E-state index in [2.05, 4.69) is 30.3 Å². The second-order valence-corrected chi connectivity index (χ2v) is 11.8. The number of fused-ring (bicyclic) bond motifs is 1. The van der Waals surface area contributed by atoms with Gasteiger partial charge in [-0.2, -0.15) is 0 Å². The summed E-state index contributed by atoms with van der Waals surface area (Å²) in [7, 11) is -4.05. The zero-order chi connectivity index (χ0) is 30.5. The average Bonchev–Trinajstić information content (AvgIpc) is 3.05. The summed E-state index contributed by atoms with van der Waals surface area (Å²) in [6.07, 6.45) is 3.25. The largest absolute Gasteiger partial charge is 0.327 e. The normalized spacial score (nSPS) is 11.3. The van der Waals surface area contributed by atoms with Crippen LogP contribution in [0.25, 0.3) is 22.3 Å². The van der Waals surface area contributed by atoms with Crippen LogP contribution in [0.1, 0.15) is 22.7 Å². The van der Waals surface area contributed by atoms with Crippen molar-refractivity contribution in [3.05, 3.63) is 144 Å². The second kappa shape index (κ2) is 12.3. The molecule has 3 aromatic heterocycles. The van der Waals surface area contributed by atoms with Gasteiger partial charge >= 0.3 is 6.03 Å². The van der Waals surface area contributed by atoms with E-state index in [4.69, 9.17) is 0 Å². The first-order chi connectivity index (χ1) is 21.4. The highest BCUT2D eigenvalue weighted by Gasteiger charge is 2.20. The summed E-state index contributed by atoms with van der Waals surface area (Å²) in [5.74, 6) is 0.0950. The van der Waals surface area contributed by atoms with Gasteiger partial charge in [0.1, 0.15) is 5.52 Å². The first kappa shape index (κ1) is 28.5. The second-order valence-electron chi connectivity index (χ2n) is 10.1. The Bertz CT molecular complexity index is 2000. The van der Waals surface area contributed by atoms with E-state index in [-0.39, 0.29) is 16.8 Å². The molecule has 44 heavy (non-hydrogen) atoms. The van der Waals surface area contributed by atoms with Crippen LogP contribution in [0.4, 0.5) is 16.3 Å². The van der Waals surface area contributed by atoms with Gasteiger partial charge in [-0.25, -0.2) is 18.2 Å². The Kier molecular flexibility index (Phi) is 7.98. The summed E-state index contributed by atoms with van der Waals surface area (Å²) in [5, 5.41) is 6.53. The van der Waals surface area contributed by atoms with Crippen molar-refractivity contribution in [1.82, 2.24) is 20.3 Å². The molecule has 0 atom stereocenters. The van der Waals surface area contributed by atoms with Gasteiger partial charge in [0.15, 0.2) is 5.82 Å². The van der Waals surface area contributed by atoms with Gasteiger partial charge in [-0.15, -0.1) is 0 Å². The fourth-order valence-electron chi connectivity index (χ4n) is 4.88. The van der Waals surface area contributed by atoms with Crippen LogP contribution in [0, 0.1) is 6.92 Å². The predicted octanol–water partition coefficient (Wildman–Crippen LogP) is 6.71. The zero-order valence-electron chi connectivity index (χ0n) is 23.7. The van der Waals surface area contributed by atoms with E-state index in [1.807, 2.05) is 91.9 Å². The van der Waals surface area contributed by atoms with Crippen molar-refractivity contribution in [3.63, 3.8) is 0 Å². The van der Waals surface area contributed by atoms with Gasteiger partial charge in [-0.3, -0.25) is 14.7 Å². The van der Waals surface area contributed by atoms with Gasteiger partial charge in [-0.1, -0.05) is 72.8 Å². The van der Waals surface area contributed by atoms with Gasteiger partial charge in [0, 0.05) is 23.5 Å². The lowest BCUT2D eigenvalue weighted by Gasteiger charge is -2.20. The predicted molar refractivity (Wildman–Crippen MR) is 172 cm³/mol. The molecule has 0 spiro atoms. The minimum Gasteiger partial charge on any atom is -0.327 e. The number of aryl methyl sites for hydroxylation is 1.